The quantitative estimate of drug-likeness (QED) is 0.882. The summed E-state index contributed by atoms with van der Waals surface area (Å²) in [6, 6.07) is 4.98. The molecule has 1 aromatic carbocycles. The molecule has 1 aromatic rings. The minimum Gasteiger partial charge on any atom is -0.478 e. The van der Waals surface area contributed by atoms with Crippen LogP contribution in [0.4, 0.5) is 5.69 Å². The van der Waals surface area contributed by atoms with Crippen LogP contribution in [-0.2, 0) is 0 Å². The Labute approximate surface area is 99.6 Å². The van der Waals surface area contributed by atoms with Crippen molar-refractivity contribution in [2.45, 2.75) is 13.3 Å². The fraction of sp³-hybridized carbons (Fsp3) is 0.417. The summed E-state index contributed by atoms with van der Waals surface area (Å²) < 4.78 is 0. The van der Waals surface area contributed by atoms with Crippen molar-refractivity contribution < 1.29 is 9.90 Å². The van der Waals surface area contributed by atoms with Crippen LogP contribution in [0, 0.1) is 5.92 Å². The number of benzene rings is 1. The molecule has 2 rings (SSSR count). The molecular weight excluding hydrogens is 226 g/mol. The lowest BCUT2D eigenvalue weighted by Gasteiger charge is -2.41. The Hall–Kier alpha value is -1.22. The Morgan fingerprint density at radius 2 is 2.19 bits per heavy atom. The van der Waals surface area contributed by atoms with Gasteiger partial charge in [-0.1, -0.05) is 18.5 Å². The minimum atomic E-state index is -0.934. The van der Waals surface area contributed by atoms with Gasteiger partial charge in [-0.15, -0.1) is 0 Å². The van der Waals surface area contributed by atoms with E-state index >= 15 is 0 Å². The highest BCUT2D eigenvalue weighted by Crippen LogP contribution is 2.29. The molecule has 1 fully saturated rings. The molecule has 0 spiro atoms. The van der Waals surface area contributed by atoms with E-state index in [4.69, 9.17) is 16.7 Å². The lowest BCUT2D eigenvalue weighted by Crippen LogP contribution is -2.46. The summed E-state index contributed by atoms with van der Waals surface area (Å²) in [6.07, 6.45) is 1.17. The molecule has 0 unspecified atom stereocenters. The van der Waals surface area contributed by atoms with Gasteiger partial charge in [0.15, 0.2) is 0 Å². The topological polar surface area (TPSA) is 40.5 Å². The van der Waals surface area contributed by atoms with Crippen LogP contribution in [0.1, 0.15) is 23.7 Å². The minimum absolute atomic E-state index is 0.252. The van der Waals surface area contributed by atoms with Gasteiger partial charge in [0.2, 0.25) is 0 Å². The number of carbonyl (C=O) groups is 1. The van der Waals surface area contributed by atoms with Crippen LogP contribution in [0.15, 0.2) is 18.2 Å². The lowest BCUT2D eigenvalue weighted by atomic mass is 9.96. The van der Waals surface area contributed by atoms with E-state index in [0.29, 0.717) is 5.02 Å². The van der Waals surface area contributed by atoms with E-state index < -0.39 is 5.97 Å². The van der Waals surface area contributed by atoms with E-state index in [-0.39, 0.29) is 5.56 Å². The molecule has 0 atom stereocenters. The molecule has 1 heterocycles. The SMILES string of the molecule is CCC1CN(c2cc(Cl)cc(C(=O)O)c2)C1. The first kappa shape index (κ1) is 11.3. The van der Waals surface area contributed by atoms with Gasteiger partial charge in [0, 0.05) is 23.8 Å². The molecule has 0 saturated carbocycles. The predicted octanol–water partition coefficient (Wildman–Crippen LogP) is 2.88. The highest BCUT2D eigenvalue weighted by molar-refractivity contribution is 6.31. The molecule has 3 nitrogen and oxygen atoms in total. The number of carboxylic acid groups (broad SMARTS) is 1. The number of nitrogens with zero attached hydrogens (tertiary/aromatic N) is 1. The summed E-state index contributed by atoms with van der Waals surface area (Å²) in [4.78, 5) is 13.0. The number of rotatable bonds is 3. The van der Waals surface area contributed by atoms with E-state index in [1.807, 2.05) is 6.07 Å². The van der Waals surface area contributed by atoms with Crippen LogP contribution in [0.3, 0.4) is 0 Å². The number of halogens is 1. The number of anilines is 1. The van der Waals surface area contributed by atoms with Crippen molar-refractivity contribution in [1.82, 2.24) is 0 Å². The Balaban J connectivity index is 2.19. The van der Waals surface area contributed by atoms with Gasteiger partial charge < -0.3 is 10.0 Å². The molecule has 0 radical (unpaired) electrons. The first-order valence-corrected chi connectivity index (χ1v) is 5.76. The molecule has 0 bridgehead atoms. The highest BCUT2D eigenvalue weighted by atomic mass is 35.5. The zero-order chi connectivity index (χ0) is 11.7. The third kappa shape index (κ3) is 2.14. The van der Waals surface area contributed by atoms with Crippen molar-refractivity contribution >= 4 is 23.3 Å². The van der Waals surface area contributed by atoms with E-state index in [9.17, 15) is 4.79 Å². The zero-order valence-corrected chi connectivity index (χ0v) is 9.87. The van der Waals surface area contributed by atoms with Gasteiger partial charge in [-0.25, -0.2) is 4.79 Å². The average Bonchev–Trinajstić information content (AvgIpc) is 2.15. The maximum Gasteiger partial charge on any atom is 0.335 e. The first-order valence-electron chi connectivity index (χ1n) is 5.39. The number of aromatic carboxylic acids is 1. The van der Waals surface area contributed by atoms with Crippen LogP contribution < -0.4 is 4.90 Å². The molecule has 1 saturated heterocycles. The molecule has 4 heteroatoms. The Bertz CT molecular complexity index is 413. The molecule has 0 aromatic heterocycles. The van der Waals surface area contributed by atoms with Crippen molar-refractivity contribution in [1.29, 1.82) is 0 Å². The van der Waals surface area contributed by atoms with E-state index in [1.165, 1.54) is 12.5 Å². The second-order valence-corrected chi connectivity index (χ2v) is 4.62. The van der Waals surface area contributed by atoms with Gasteiger partial charge in [-0.2, -0.15) is 0 Å². The summed E-state index contributed by atoms with van der Waals surface area (Å²) in [5.74, 6) is -0.205. The average molecular weight is 240 g/mol. The molecule has 1 aliphatic rings. The normalized spacial score (nSPS) is 16.0. The number of hydrogen-bond donors (Lipinski definition) is 1. The van der Waals surface area contributed by atoms with Gasteiger partial charge in [-0.05, 0) is 30.5 Å². The van der Waals surface area contributed by atoms with Gasteiger partial charge in [-0.3, -0.25) is 0 Å². The van der Waals surface area contributed by atoms with Crippen LogP contribution in [-0.4, -0.2) is 24.2 Å². The zero-order valence-electron chi connectivity index (χ0n) is 9.11. The summed E-state index contributed by atoms with van der Waals surface area (Å²) in [6.45, 7) is 4.16. The van der Waals surface area contributed by atoms with E-state index in [2.05, 4.69) is 11.8 Å². The monoisotopic (exact) mass is 239 g/mol. The molecule has 0 aliphatic carbocycles. The maximum absolute atomic E-state index is 10.9. The predicted molar refractivity (Wildman–Crippen MR) is 64.4 cm³/mol. The highest BCUT2D eigenvalue weighted by Gasteiger charge is 2.25. The molecule has 16 heavy (non-hydrogen) atoms. The second kappa shape index (κ2) is 4.34. The van der Waals surface area contributed by atoms with Crippen LogP contribution in [0.25, 0.3) is 0 Å². The van der Waals surface area contributed by atoms with Crippen LogP contribution in [0.5, 0.6) is 0 Å². The molecule has 1 N–H and O–H groups in total. The largest absolute Gasteiger partial charge is 0.478 e. The molecule has 86 valence electrons. The Kier molecular flexibility index (Phi) is 3.06. The van der Waals surface area contributed by atoms with E-state index in [0.717, 1.165) is 24.7 Å². The molecule has 1 aliphatic heterocycles. The lowest BCUT2D eigenvalue weighted by molar-refractivity contribution is 0.0697. The number of carboxylic acids is 1. The van der Waals surface area contributed by atoms with Gasteiger partial charge in [0.25, 0.3) is 0 Å². The summed E-state index contributed by atoms with van der Waals surface area (Å²) in [5, 5.41) is 9.41. The third-order valence-electron chi connectivity index (χ3n) is 3.03. The standard InChI is InChI=1S/C12H14ClNO2/c1-2-8-6-14(7-8)11-4-9(12(15)16)3-10(13)5-11/h3-5,8H,2,6-7H2,1H3,(H,15,16). The fourth-order valence-corrected chi connectivity index (χ4v) is 2.15. The first-order chi connectivity index (χ1) is 7.60. The fourth-order valence-electron chi connectivity index (χ4n) is 1.92. The van der Waals surface area contributed by atoms with Crippen molar-refractivity contribution in [2.75, 3.05) is 18.0 Å². The smallest absolute Gasteiger partial charge is 0.335 e. The summed E-state index contributed by atoms with van der Waals surface area (Å²) >= 11 is 5.90. The van der Waals surface area contributed by atoms with Crippen molar-refractivity contribution in [3.63, 3.8) is 0 Å². The summed E-state index contributed by atoms with van der Waals surface area (Å²) in [7, 11) is 0. The van der Waals surface area contributed by atoms with Gasteiger partial charge in [0.05, 0.1) is 5.56 Å². The third-order valence-corrected chi connectivity index (χ3v) is 3.25. The van der Waals surface area contributed by atoms with Crippen molar-refractivity contribution in [3.05, 3.63) is 28.8 Å². The molecular formula is C12H14ClNO2. The van der Waals surface area contributed by atoms with Crippen LogP contribution >= 0.6 is 11.6 Å². The van der Waals surface area contributed by atoms with Crippen molar-refractivity contribution in [3.8, 4) is 0 Å². The maximum atomic E-state index is 10.9. The van der Waals surface area contributed by atoms with E-state index in [1.54, 1.807) is 6.07 Å². The second-order valence-electron chi connectivity index (χ2n) is 4.18. The Morgan fingerprint density at radius 3 is 2.75 bits per heavy atom. The summed E-state index contributed by atoms with van der Waals surface area (Å²) in [5.41, 5.74) is 1.16. The van der Waals surface area contributed by atoms with Crippen molar-refractivity contribution in [2.24, 2.45) is 5.92 Å². The molecule has 0 amide bonds. The number of hydrogen-bond acceptors (Lipinski definition) is 2. The van der Waals surface area contributed by atoms with Gasteiger partial charge >= 0.3 is 5.97 Å². The van der Waals surface area contributed by atoms with Gasteiger partial charge in [0.1, 0.15) is 0 Å². The van der Waals surface area contributed by atoms with Crippen LogP contribution in [0.2, 0.25) is 5.02 Å². The Morgan fingerprint density at radius 1 is 1.50 bits per heavy atom.